The molecule has 16 heavy (non-hydrogen) atoms. The van der Waals surface area contributed by atoms with Crippen LogP contribution in [0.5, 0.6) is 0 Å². The van der Waals surface area contributed by atoms with Crippen LogP contribution in [0.1, 0.15) is 43.6 Å². The molecule has 0 saturated carbocycles. The van der Waals surface area contributed by atoms with Crippen LogP contribution in [0.3, 0.4) is 0 Å². The van der Waals surface area contributed by atoms with E-state index >= 15 is 0 Å². The fraction of sp³-hybridized carbons (Fsp3) is 0.600. The standard InChI is InChI=1S/C15H21N/c1-2-6-13(7-3-1)14-9-11-16-10-5-4-8-15(16)12-14/h1-3,6-7,14-15H,4-5,8-12H2. The van der Waals surface area contributed by atoms with Gasteiger partial charge in [-0.2, -0.15) is 0 Å². The van der Waals surface area contributed by atoms with Crippen LogP contribution in [0, 0.1) is 0 Å². The van der Waals surface area contributed by atoms with Gasteiger partial charge in [-0.1, -0.05) is 36.8 Å². The van der Waals surface area contributed by atoms with Crippen molar-refractivity contribution in [2.45, 2.75) is 44.1 Å². The topological polar surface area (TPSA) is 3.24 Å². The van der Waals surface area contributed by atoms with Gasteiger partial charge in [0.25, 0.3) is 0 Å². The van der Waals surface area contributed by atoms with Crippen molar-refractivity contribution in [1.29, 1.82) is 0 Å². The van der Waals surface area contributed by atoms with E-state index in [2.05, 4.69) is 35.2 Å². The Bertz CT molecular complexity index is 333. The van der Waals surface area contributed by atoms with Crippen LogP contribution < -0.4 is 0 Å². The highest BCUT2D eigenvalue weighted by atomic mass is 15.2. The number of benzene rings is 1. The molecule has 0 bridgehead atoms. The zero-order valence-electron chi connectivity index (χ0n) is 9.94. The lowest BCUT2D eigenvalue weighted by Crippen LogP contribution is -2.44. The van der Waals surface area contributed by atoms with Crippen molar-refractivity contribution in [2.75, 3.05) is 13.1 Å². The summed E-state index contributed by atoms with van der Waals surface area (Å²) in [5.41, 5.74) is 1.56. The predicted octanol–water partition coefficient (Wildman–Crippen LogP) is 3.42. The van der Waals surface area contributed by atoms with Gasteiger partial charge in [-0.15, -0.1) is 0 Å². The summed E-state index contributed by atoms with van der Waals surface area (Å²) in [6.07, 6.45) is 7.06. The molecule has 1 nitrogen and oxygen atoms in total. The smallest absolute Gasteiger partial charge is 0.0101 e. The van der Waals surface area contributed by atoms with E-state index in [-0.39, 0.29) is 0 Å². The Morgan fingerprint density at radius 1 is 0.938 bits per heavy atom. The molecule has 2 fully saturated rings. The second-order valence-electron chi connectivity index (χ2n) is 5.32. The highest BCUT2D eigenvalue weighted by Gasteiger charge is 2.30. The van der Waals surface area contributed by atoms with E-state index in [0.717, 1.165) is 12.0 Å². The quantitative estimate of drug-likeness (QED) is 0.694. The van der Waals surface area contributed by atoms with E-state index in [1.165, 1.54) is 45.2 Å². The van der Waals surface area contributed by atoms with Gasteiger partial charge in [0.15, 0.2) is 0 Å². The molecule has 0 radical (unpaired) electrons. The SMILES string of the molecule is c1ccc(C2CCN3CCCCC3C2)cc1. The number of nitrogens with zero attached hydrogens (tertiary/aromatic N) is 1. The second-order valence-corrected chi connectivity index (χ2v) is 5.32. The number of rotatable bonds is 1. The number of hydrogen-bond acceptors (Lipinski definition) is 1. The van der Waals surface area contributed by atoms with Gasteiger partial charge in [0.1, 0.15) is 0 Å². The molecule has 1 aromatic rings. The highest BCUT2D eigenvalue weighted by Crippen LogP contribution is 2.35. The molecule has 2 atom stereocenters. The Labute approximate surface area is 98.5 Å². The maximum Gasteiger partial charge on any atom is 0.0101 e. The lowest BCUT2D eigenvalue weighted by atomic mass is 9.82. The largest absolute Gasteiger partial charge is 0.300 e. The van der Waals surface area contributed by atoms with Crippen molar-refractivity contribution in [1.82, 2.24) is 4.90 Å². The van der Waals surface area contributed by atoms with Gasteiger partial charge in [0, 0.05) is 6.04 Å². The zero-order valence-corrected chi connectivity index (χ0v) is 9.94. The van der Waals surface area contributed by atoms with Crippen molar-refractivity contribution in [3.63, 3.8) is 0 Å². The van der Waals surface area contributed by atoms with Crippen LogP contribution >= 0.6 is 0 Å². The van der Waals surface area contributed by atoms with Crippen LogP contribution in [-0.2, 0) is 0 Å². The Morgan fingerprint density at radius 2 is 1.81 bits per heavy atom. The maximum absolute atomic E-state index is 2.73. The summed E-state index contributed by atoms with van der Waals surface area (Å²) in [5.74, 6) is 0.820. The first-order valence-corrected chi connectivity index (χ1v) is 6.72. The van der Waals surface area contributed by atoms with E-state index in [1.54, 1.807) is 5.56 Å². The lowest BCUT2D eigenvalue weighted by Gasteiger charge is -2.42. The van der Waals surface area contributed by atoms with Gasteiger partial charge in [-0.25, -0.2) is 0 Å². The third-order valence-electron chi connectivity index (χ3n) is 4.34. The molecule has 1 heteroatoms. The predicted molar refractivity (Wildman–Crippen MR) is 67.6 cm³/mol. The summed E-state index contributed by atoms with van der Waals surface area (Å²) >= 11 is 0. The highest BCUT2D eigenvalue weighted by molar-refractivity contribution is 5.20. The van der Waals surface area contributed by atoms with Gasteiger partial charge < -0.3 is 4.90 Å². The minimum Gasteiger partial charge on any atom is -0.300 e. The normalized spacial score (nSPS) is 31.0. The van der Waals surface area contributed by atoms with Crippen molar-refractivity contribution >= 4 is 0 Å². The number of hydrogen-bond donors (Lipinski definition) is 0. The fourth-order valence-electron chi connectivity index (χ4n) is 3.42. The molecule has 0 N–H and O–H groups in total. The van der Waals surface area contributed by atoms with Gasteiger partial charge in [0.05, 0.1) is 0 Å². The van der Waals surface area contributed by atoms with Gasteiger partial charge >= 0.3 is 0 Å². The van der Waals surface area contributed by atoms with E-state index < -0.39 is 0 Å². The maximum atomic E-state index is 2.73. The molecular weight excluding hydrogens is 194 g/mol. The van der Waals surface area contributed by atoms with Crippen LogP contribution in [0.2, 0.25) is 0 Å². The third kappa shape index (κ3) is 2.01. The lowest BCUT2D eigenvalue weighted by molar-refractivity contribution is 0.0974. The summed E-state index contributed by atoms with van der Waals surface area (Å²) in [4.78, 5) is 2.73. The van der Waals surface area contributed by atoms with Crippen molar-refractivity contribution < 1.29 is 0 Å². The first-order chi connectivity index (χ1) is 7.93. The van der Waals surface area contributed by atoms with E-state index in [4.69, 9.17) is 0 Å². The molecule has 0 aliphatic carbocycles. The minimum absolute atomic E-state index is 0.820. The van der Waals surface area contributed by atoms with Crippen LogP contribution in [-0.4, -0.2) is 24.0 Å². The van der Waals surface area contributed by atoms with E-state index in [0.29, 0.717) is 0 Å². The average molecular weight is 215 g/mol. The van der Waals surface area contributed by atoms with Crippen LogP contribution in [0.4, 0.5) is 0 Å². The molecule has 0 amide bonds. The molecule has 2 saturated heterocycles. The summed E-state index contributed by atoms with van der Waals surface area (Å²) < 4.78 is 0. The Kier molecular flexibility index (Phi) is 2.96. The molecule has 2 aliphatic rings. The minimum atomic E-state index is 0.820. The molecule has 0 aromatic heterocycles. The first-order valence-electron chi connectivity index (χ1n) is 6.72. The van der Waals surface area contributed by atoms with Gasteiger partial charge in [0.2, 0.25) is 0 Å². The van der Waals surface area contributed by atoms with Gasteiger partial charge in [-0.05, 0) is 50.3 Å². The third-order valence-corrected chi connectivity index (χ3v) is 4.34. The van der Waals surface area contributed by atoms with Crippen LogP contribution in [0.15, 0.2) is 30.3 Å². The van der Waals surface area contributed by atoms with Crippen molar-refractivity contribution in [3.05, 3.63) is 35.9 Å². The Balaban J connectivity index is 1.71. The van der Waals surface area contributed by atoms with Crippen LogP contribution in [0.25, 0.3) is 0 Å². The molecular formula is C15H21N. The zero-order chi connectivity index (χ0) is 10.8. The molecule has 3 rings (SSSR count). The fourth-order valence-corrected chi connectivity index (χ4v) is 3.42. The molecule has 2 aliphatic heterocycles. The van der Waals surface area contributed by atoms with E-state index in [1.807, 2.05) is 0 Å². The van der Waals surface area contributed by atoms with E-state index in [9.17, 15) is 0 Å². The number of piperidine rings is 2. The Morgan fingerprint density at radius 3 is 2.69 bits per heavy atom. The molecule has 86 valence electrons. The first kappa shape index (κ1) is 10.3. The molecule has 1 aromatic carbocycles. The second kappa shape index (κ2) is 4.58. The molecule has 2 unspecified atom stereocenters. The average Bonchev–Trinajstić information content (AvgIpc) is 2.39. The number of fused-ring (bicyclic) bond motifs is 1. The van der Waals surface area contributed by atoms with Crippen molar-refractivity contribution in [3.8, 4) is 0 Å². The van der Waals surface area contributed by atoms with Crippen molar-refractivity contribution in [2.24, 2.45) is 0 Å². The molecule has 0 spiro atoms. The summed E-state index contributed by atoms with van der Waals surface area (Å²) in [7, 11) is 0. The Hall–Kier alpha value is -0.820. The summed E-state index contributed by atoms with van der Waals surface area (Å²) in [5, 5.41) is 0. The monoisotopic (exact) mass is 215 g/mol. The van der Waals surface area contributed by atoms with Gasteiger partial charge in [-0.3, -0.25) is 0 Å². The summed E-state index contributed by atoms with van der Waals surface area (Å²) in [6, 6.07) is 12.0. The molecule has 2 heterocycles. The summed E-state index contributed by atoms with van der Waals surface area (Å²) in [6.45, 7) is 2.68.